The highest BCUT2D eigenvalue weighted by Crippen LogP contribution is 2.17. The van der Waals surface area contributed by atoms with Gasteiger partial charge in [-0.3, -0.25) is 4.99 Å². The van der Waals surface area contributed by atoms with Crippen LogP contribution in [-0.2, 0) is 11.3 Å². The SMILES string of the molecule is CCOC(=O)c1ccc(CNC(=NC)NC2CCCCC2)cc1. The summed E-state index contributed by atoms with van der Waals surface area (Å²) in [6.45, 7) is 2.88. The second kappa shape index (κ2) is 9.18. The minimum atomic E-state index is -0.276. The molecule has 0 aromatic heterocycles. The van der Waals surface area contributed by atoms with Gasteiger partial charge in [-0.1, -0.05) is 31.4 Å². The Kier molecular flexibility index (Phi) is 6.91. The van der Waals surface area contributed by atoms with Crippen LogP contribution in [0.5, 0.6) is 0 Å². The molecule has 2 rings (SSSR count). The van der Waals surface area contributed by atoms with Crippen LogP contribution in [0.4, 0.5) is 0 Å². The van der Waals surface area contributed by atoms with Gasteiger partial charge in [0.05, 0.1) is 12.2 Å². The molecule has 0 saturated heterocycles. The van der Waals surface area contributed by atoms with E-state index in [1.54, 1.807) is 26.1 Å². The van der Waals surface area contributed by atoms with Gasteiger partial charge >= 0.3 is 5.97 Å². The van der Waals surface area contributed by atoms with Gasteiger partial charge in [-0.15, -0.1) is 0 Å². The summed E-state index contributed by atoms with van der Waals surface area (Å²) < 4.78 is 4.98. The molecule has 0 aliphatic heterocycles. The van der Waals surface area contributed by atoms with Crippen molar-refractivity contribution >= 4 is 11.9 Å². The zero-order valence-electron chi connectivity index (χ0n) is 14.1. The lowest BCUT2D eigenvalue weighted by Crippen LogP contribution is -2.43. The Labute approximate surface area is 138 Å². The molecular weight excluding hydrogens is 290 g/mol. The highest BCUT2D eigenvalue weighted by atomic mass is 16.5. The summed E-state index contributed by atoms with van der Waals surface area (Å²) in [5.74, 6) is 0.563. The van der Waals surface area contributed by atoms with Crippen molar-refractivity contribution < 1.29 is 9.53 Å². The summed E-state index contributed by atoms with van der Waals surface area (Å²) in [7, 11) is 1.79. The smallest absolute Gasteiger partial charge is 0.338 e. The lowest BCUT2D eigenvalue weighted by molar-refractivity contribution is 0.0526. The normalized spacial score (nSPS) is 16.0. The zero-order chi connectivity index (χ0) is 16.5. The molecule has 1 aromatic carbocycles. The number of aliphatic imine (C=N–C) groups is 1. The predicted molar refractivity (Wildman–Crippen MR) is 92.6 cm³/mol. The number of nitrogens with zero attached hydrogens (tertiary/aromatic N) is 1. The van der Waals surface area contributed by atoms with Crippen LogP contribution >= 0.6 is 0 Å². The molecule has 0 unspecified atom stereocenters. The minimum absolute atomic E-state index is 0.276. The Morgan fingerprint density at radius 3 is 2.52 bits per heavy atom. The number of hydrogen-bond donors (Lipinski definition) is 2. The molecule has 1 saturated carbocycles. The molecule has 5 nitrogen and oxygen atoms in total. The number of esters is 1. The maximum atomic E-state index is 11.6. The fraction of sp³-hybridized carbons (Fsp3) is 0.556. The fourth-order valence-corrected chi connectivity index (χ4v) is 2.79. The van der Waals surface area contributed by atoms with Crippen molar-refractivity contribution in [1.82, 2.24) is 10.6 Å². The van der Waals surface area contributed by atoms with Crippen molar-refractivity contribution in [3.05, 3.63) is 35.4 Å². The average Bonchev–Trinajstić information content (AvgIpc) is 2.60. The molecule has 0 atom stereocenters. The van der Waals surface area contributed by atoms with Crippen molar-refractivity contribution in [1.29, 1.82) is 0 Å². The Morgan fingerprint density at radius 1 is 1.22 bits per heavy atom. The van der Waals surface area contributed by atoms with Gasteiger partial charge in [-0.2, -0.15) is 0 Å². The maximum absolute atomic E-state index is 11.6. The molecule has 0 heterocycles. The number of benzene rings is 1. The van der Waals surface area contributed by atoms with Gasteiger partial charge in [0.1, 0.15) is 0 Å². The molecule has 0 amide bonds. The van der Waals surface area contributed by atoms with E-state index in [1.807, 2.05) is 12.1 Å². The summed E-state index contributed by atoms with van der Waals surface area (Å²) in [6, 6.07) is 8.00. The molecule has 5 heteroatoms. The van der Waals surface area contributed by atoms with Gasteiger partial charge in [0.25, 0.3) is 0 Å². The van der Waals surface area contributed by atoms with E-state index in [2.05, 4.69) is 15.6 Å². The number of carbonyl (C=O) groups excluding carboxylic acids is 1. The van der Waals surface area contributed by atoms with Gasteiger partial charge in [0, 0.05) is 19.6 Å². The molecule has 0 radical (unpaired) electrons. The standard InChI is InChI=1S/C18H27N3O2/c1-3-23-17(22)15-11-9-14(10-12-15)13-20-18(19-2)21-16-7-5-4-6-8-16/h9-12,16H,3-8,13H2,1-2H3,(H2,19,20,21). The summed E-state index contributed by atoms with van der Waals surface area (Å²) >= 11 is 0. The number of hydrogen-bond acceptors (Lipinski definition) is 3. The third-order valence-electron chi connectivity index (χ3n) is 4.09. The topological polar surface area (TPSA) is 62.7 Å². The van der Waals surface area contributed by atoms with Gasteiger partial charge in [-0.25, -0.2) is 4.79 Å². The van der Waals surface area contributed by atoms with Crippen molar-refractivity contribution in [2.24, 2.45) is 4.99 Å². The number of ether oxygens (including phenoxy) is 1. The van der Waals surface area contributed by atoms with Crippen LogP contribution in [0.2, 0.25) is 0 Å². The molecule has 1 aliphatic rings. The van der Waals surface area contributed by atoms with Crippen molar-refractivity contribution in [3.8, 4) is 0 Å². The molecule has 1 aromatic rings. The number of rotatable bonds is 5. The highest BCUT2D eigenvalue weighted by molar-refractivity contribution is 5.89. The van der Waals surface area contributed by atoms with Crippen molar-refractivity contribution in [3.63, 3.8) is 0 Å². The van der Waals surface area contributed by atoms with E-state index >= 15 is 0 Å². The molecule has 0 spiro atoms. The number of carbonyl (C=O) groups is 1. The largest absolute Gasteiger partial charge is 0.462 e. The number of nitrogens with one attached hydrogen (secondary N) is 2. The quantitative estimate of drug-likeness (QED) is 0.498. The fourth-order valence-electron chi connectivity index (χ4n) is 2.79. The van der Waals surface area contributed by atoms with Crippen LogP contribution < -0.4 is 10.6 Å². The van der Waals surface area contributed by atoms with Crippen LogP contribution in [0.3, 0.4) is 0 Å². The predicted octanol–water partition coefficient (Wildman–Crippen LogP) is 2.86. The monoisotopic (exact) mass is 317 g/mol. The zero-order valence-corrected chi connectivity index (χ0v) is 14.1. The van der Waals surface area contributed by atoms with E-state index < -0.39 is 0 Å². The number of guanidine groups is 1. The Hall–Kier alpha value is -2.04. The van der Waals surface area contributed by atoms with E-state index in [1.165, 1.54) is 32.1 Å². The van der Waals surface area contributed by atoms with E-state index in [-0.39, 0.29) is 5.97 Å². The maximum Gasteiger partial charge on any atom is 0.338 e. The molecule has 0 bridgehead atoms. The van der Waals surface area contributed by atoms with Gasteiger partial charge in [-0.05, 0) is 37.5 Å². The van der Waals surface area contributed by atoms with Gasteiger partial charge in [0.15, 0.2) is 5.96 Å². The average molecular weight is 317 g/mol. The van der Waals surface area contributed by atoms with E-state index in [0.29, 0.717) is 24.8 Å². The first-order valence-electron chi connectivity index (χ1n) is 8.46. The Morgan fingerprint density at radius 2 is 1.91 bits per heavy atom. The van der Waals surface area contributed by atoms with Crippen LogP contribution in [0.1, 0.15) is 54.9 Å². The highest BCUT2D eigenvalue weighted by Gasteiger charge is 2.14. The van der Waals surface area contributed by atoms with E-state index in [9.17, 15) is 4.79 Å². The lowest BCUT2D eigenvalue weighted by atomic mass is 9.96. The van der Waals surface area contributed by atoms with Crippen LogP contribution in [0.15, 0.2) is 29.3 Å². The third kappa shape index (κ3) is 5.58. The van der Waals surface area contributed by atoms with E-state index in [0.717, 1.165) is 11.5 Å². The first-order valence-corrected chi connectivity index (χ1v) is 8.46. The third-order valence-corrected chi connectivity index (χ3v) is 4.09. The summed E-state index contributed by atoms with van der Waals surface area (Å²) in [4.78, 5) is 15.9. The van der Waals surface area contributed by atoms with Crippen LogP contribution in [-0.4, -0.2) is 31.6 Å². The van der Waals surface area contributed by atoms with Crippen molar-refractivity contribution in [2.45, 2.75) is 51.6 Å². The molecule has 1 aliphatic carbocycles. The second-order valence-electron chi connectivity index (χ2n) is 5.82. The summed E-state index contributed by atoms with van der Waals surface area (Å²) in [6.07, 6.45) is 6.37. The Bertz CT molecular complexity index is 520. The first-order chi connectivity index (χ1) is 11.2. The second-order valence-corrected chi connectivity index (χ2v) is 5.82. The van der Waals surface area contributed by atoms with Crippen LogP contribution in [0.25, 0.3) is 0 Å². The molecule has 1 fully saturated rings. The Balaban J connectivity index is 1.82. The van der Waals surface area contributed by atoms with Gasteiger partial charge in [0.2, 0.25) is 0 Å². The van der Waals surface area contributed by atoms with Gasteiger partial charge < -0.3 is 15.4 Å². The van der Waals surface area contributed by atoms with E-state index in [4.69, 9.17) is 4.74 Å². The first kappa shape index (κ1) is 17.3. The lowest BCUT2D eigenvalue weighted by Gasteiger charge is -2.24. The molecule has 126 valence electrons. The summed E-state index contributed by atoms with van der Waals surface area (Å²) in [5, 5.41) is 6.82. The molecule has 23 heavy (non-hydrogen) atoms. The summed E-state index contributed by atoms with van der Waals surface area (Å²) in [5.41, 5.74) is 1.69. The van der Waals surface area contributed by atoms with Crippen molar-refractivity contribution in [2.75, 3.05) is 13.7 Å². The van der Waals surface area contributed by atoms with Crippen LogP contribution in [0, 0.1) is 0 Å². The minimum Gasteiger partial charge on any atom is -0.462 e. The molecular formula is C18H27N3O2. The molecule has 2 N–H and O–H groups in total.